The van der Waals surface area contributed by atoms with Crippen molar-refractivity contribution in [3.63, 3.8) is 0 Å². The Balaban J connectivity index is 1.59. The maximum atomic E-state index is 12.7. The molecule has 4 nitrogen and oxygen atoms in total. The Labute approximate surface area is 152 Å². The van der Waals surface area contributed by atoms with Crippen molar-refractivity contribution in [3.05, 3.63) is 64.7 Å². The fourth-order valence-corrected chi connectivity index (χ4v) is 3.30. The molecule has 1 aliphatic rings. The standard InChI is InChI=1S/C20H21ClN2O2/c1-14-7-8-16(21)13-18(14)23-12-10-17(20(23)25)19(24)22-11-9-15-5-3-2-4-6-15/h2-8,13,17H,9-12H2,1H3,(H,22,24)/t17-/m1/s1. The molecule has 0 spiro atoms. The van der Waals surface area contributed by atoms with E-state index in [1.165, 1.54) is 0 Å². The quantitative estimate of drug-likeness (QED) is 0.835. The van der Waals surface area contributed by atoms with Crippen molar-refractivity contribution in [1.29, 1.82) is 0 Å². The van der Waals surface area contributed by atoms with Crippen LogP contribution in [0.1, 0.15) is 17.5 Å². The summed E-state index contributed by atoms with van der Waals surface area (Å²) < 4.78 is 0. The second kappa shape index (κ2) is 7.70. The zero-order valence-corrected chi connectivity index (χ0v) is 14.9. The van der Waals surface area contributed by atoms with E-state index in [0.29, 0.717) is 24.5 Å². The van der Waals surface area contributed by atoms with Crippen LogP contribution in [0.15, 0.2) is 48.5 Å². The van der Waals surface area contributed by atoms with Gasteiger partial charge in [0.2, 0.25) is 11.8 Å². The van der Waals surface area contributed by atoms with E-state index in [4.69, 9.17) is 11.6 Å². The maximum Gasteiger partial charge on any atom is 0.239 e. The molecule has 1 fully saturated rings. The summed E-state index contributed by atoms with van der Waals surface area (Å²) in [5.41, 5.74) is 2.93. The van der Waals surface area contributed by atoms with Crippen LogP contribution >= 0.6 is 11.6 Å². The third kappa shape index (κ3) is 4.02. The van der Waals surface area contributed by atoms with Gasteiger partial charge in [0.05, 0.1) is 0 Å². The molecule has 1 saturated heterocycles. The van der Waals surface area contributed by atoms with Gasteiger partial charge in [0.15, 0.2) is 0 Å². The van der Waals surface area contributed by atoms with Crippen molar-refractivity contribution in [3.8, 4) is 0 Å². The first-order chi connectivity index (χ1) is 12.1. The van der Waals surface area contributed by atoms with E-state index in [2.05, 4.69) is 5.32 Å². The first-order valence-electron chi connectivity index (χ1n) is 8.45. The number of hydrogen-bond donors (Lipinski definition) is 1. The van der Waals surface area contributed by atoms with E-state index in [0.717, 1.165) is 23.2 Å². The Kier molecular flexibility index (Phi) is 5.39. The third-order valence-corrected chi connectivity index (χ3v) is 4.77. The average molecular weight is 357 g/mol. The lowest BCUT2D eigenvalue weighted by Gasteiger charge is -2.19. The number of nitrogens with zero attached hydrogens (tertiary/aromatic N) is 1. The molecule has 3 rings (SSSR count). The minimum Gasteiger partial charge on any atom is -0.355 e. The third-order valence-electron chi connectivity index (χ3n) is 4.54. The summed E-state index contributed by atoms with van der Waals surface area (Å²) in [6.45, 7) is 3.01. The van der Waals surface area contributed by atoms with Crippen LogP contribution in [-0.2, 0) is 16.0 Å². The van der Waals surface area contributed by atoms with E-state index in [-0.39, 0.29) is 11.8 Å². The number of hydrogen-bond acceptors (Lipinski definition) is 2. The van der Waals surface area contributed by atoms with E-state index in [9.17, 15) is 9.59 Å². The highest BCUT2D eigenvalue weighted by atomic mass is 35.5. The molecule has 130 valence electrons. The summed E-state index contributed by atoms with van der Waals surface area (Å²) >= 11 is 6.05. The first-order valence-corrected chi connectivity index (χ1v) is 8.83. The van der Waals surface area contributed by atoms with Gasteiger partial charge in [0.1, 0.15) is 5.92 Å². The van der Waals surface area contributed by atoms with Gasteiger partial charge in [0, 0.05) is 23.8 Å². The number of amides is 2. The largest absolute Gasteiger partial charge is 0.355 e. The number of benzene rings is 2. The number of halogens is 1. The smallest absolute Gasteiger partial charge is 0.239 e. The topological polar surface area (TPSA) is 49.4 Å². The van der Waals surface area contributed by atoms with Gasteiger partial charge >= 0.3 is 0 Å². The van der Waals surface area contributed by atoms with Crippen LogP contribution in [0.5, 0.6) is 0 Å². The number of anilines is 1. The summed E-state index contributed by atoms with van der Waals surface area (Å²) in [7, 11) is 0. The molecular weight excluding hydrogens is 336 g/mol. The second-order valence-corrected chi connectivity index (χ2v) is 6.73. The van der Waals surface area contributed by atoms with E-state index < -0.39 is 5.92 Å². The Morgan fingerprint density at radius 1 is 1.24 bits per heavy atom. The molecule has 2 aromatic carbocycles. The summed E-state index contributed by atoms with van der Waals surface area (Å²) in [4.78, 5) is 26.7. The van der Waals surface area contributed by atoms with E-state index >= 15 is 0 Å². The second-order valence-electron chi connectivity index (χ2n) is 6.29. The van der Waals surface area contributed by atoms with E-state index in [1.54, 1.807) is 17.0 Å². The molecule has 1 atom stereocenters. The lowest BCUT2D eigenvalue weighted by Crippen LogP contribution is -2.37. The van der Waals surface area contributed by atoms with Crippen molar-refractivity contribution in [2.24, 2.45) is 5.92 Å². The molecule has 5 heteroatoms. The predicted molar refractivity (Wildman–Crippen MR) is 99.8 cm³/mol. The molecule has 25 heavy (non-hydrogen) atoms. The van der Waals surface area contributed by atoms with Gasteiger partial charge in [-0.3, -0.25) is 9.59 Å². The van der Waals surface area contributed by atoms with Crippen LogP contribution in [0.25, 0.3) is 0 Å². The van der Waals surface area contributed by atoms with Gasteiger partial charge < -0.3 is 10.2 Å². The van der Waals surface area contributed by atoms with E-state index in [1.807, 2.05) is 43.3 Å². The van der Waals surface area contributed by atoms with Gasteiger partial charge in [-0.15, -0.1) is 0 Å². The Bertz CT molecular complexity index is 777. The highest BCUT2D eigenvalue weighted by molar-refractivity contribution is 6.31. The maximum absolute atomic E-state index is 12.7. The molecule has 0 aromatic heterocycles. The summed E-state index contributed by atoms with van der Waals surface area (Å²) in [6.07, 6.45) is 1.28. The molecule has 0 aliphatic carbocycles. The fraction of sp³-hybridized carbons (Fsp3) is 0.300. The summed E-state index contributed by atoms with van der Waals surface area (Å²) in [5, 5.41) is 3.48. The van der Waals surface area contributed by atoms with Crippen LogP contribution in [0.3, 0.4) is 0 Å². The van der Waals surface area contributed by atoms with Crippen molar-refractivity contribution in [2.45, 2.75) is 19.8 Å². The SMILES string of the molecule is Cc1ccc(Cl)cc1N1CC[C@H](C(=O)NCCc2ccccc2)C1=O. The molecule has 1 aliphatic heterocycles. The van der Waals surface area contributed by atoms with Gasteiger partial charge in [-0.25, -0.2) is 0 Å². The van der Waals surface area contributed by atoms with Crippen LogP contribution in [0.4, 0.5) is 5.69 Å². The lowest BCUT2D eigenvalue weighted by molar-refractivity contribution is -0.132. The van der Waals surface area contributed by atoms with Crippen LogP contribution in [-0.4, -0.2) is 24.9 Å². The Morgan fingerprint density at radius 2 is 2.00 bits per heavy atom. The molecule has 0 saturated carbocycles. The molecule has 1 heterocycles. The van der Waals surface area contributed by atoms with Crippen LogP contribution in [0, 0.1) is 12.8 Å². The fourth-order valence-electron chi connectivity index (χ4n) is 3.13. The van der Waals surface area contributed by atoms with Gasteiger partial charge in [-0.05, 0) is 43.0 Å². The number of nitrogens with one attached hydrogen (secondary N) is 1. The number of carbonyl (C=O) groups is 2. The molecular formula is C20H21ClN2O2. The van der Waals surface area contributed by atoms with Crippen molar-refractivity contribution in [1.82, 2.24) is 5.32 Å². The Morgan fingerprint density at radius 3 is 2.76 bits per heavy atom. The normalized spacial score (nSPS) is 17.0. The van der Waals surface area contributed by atoms with Crippen molar-refractivity contribution >= 4 is 29.1 Å². The van der Waals surface area contributed by atoms with Gasteiger partial charge in [0.25, 0.3) is 0 Å². The molecule has 2 amide bonds. The molecule has 2 aromatic rings. The molecule has 0 unspecified atom stereocenters. The highest BCUT2D eigenvalue weighted by Gasteiger charge is 2.37. The number of aryl methyl sites for hydroxylation is 1. The summed E-state index contributed by atoms with van der Waals surface area (Å²) in [5.74, 6) is -0.958. The van der Waals surface area contributed by atoms with Gasteiger partial charge in [-0.1, -0.05) is 48.0 Å². The Hall–Kier alpha value is -2.33. The average Bonchev–Trinajstić information content (AvgIpc) is 2.99. The van der Waals surface area contributed by atoms with Gasteiger partial charge in [-0.2, -0.15) is 0 Å². The number of carbonyl (C=O) groups excluding carboxylic acids is 2. The monoisotopic (exact) mass is 356 g/mol. The summed E-state index contributed by atoms with van der Waals surface area (Å²) in [6, 6.07) is 15.4. The number of rotatable bonds is 5. The van der Waals surface area contributed by atoms with Crippen molar-refractivity contribution < 1.29 is 9.59 Å². The van der Waals surface area contributed by atoms with Crippen LogP contribution < -0.4 is 10.2 Å². The molecule has 0 bridgehead atoms. The van der Waals surface area contributed by atoms with Crippen LogP contribution in [0.2, 0.25) is 5.02 Å². The minimum absolute atomic E-state index is 0.150. The van der Waals surface area contributed by atoms with Crippen molar-refractivity contribution in [2.75, 3.05) is 18.0 Å². The zero-order valence-electron chi connectivity index (χ0n) is 14.2. The zero-order chi connectivity index (χ0) is 17.8. The minimum atomic E-state index is -0.617. The predicted octanol–water partition coefficient (Wildman–Crippen LogP) is 3.36. The highest BCUT2D eigenvalue weighted by Crippen LogP contribution is 2.30. The molecule has 1 N–H and O–H groups in total. The first kappa shape index (κ1) is 17.5. The lowest BCUT2D eigenvalue weighted by atomic mass is 10.1. The molecule has 0 radical (unpaired) electrons.